The van der Waals surface area contributed by atoms with Crippen LogP contribution in [0.1, 0.15) is 63.7 Å². The summed E-state index contributed by atoms with van der Waals surface area (Å²) in [4.78, 5) is 12.9. The summed E-state index contributed by atoms with van der Waals surface area (Å²) < 4.78 is 34.6. The van der Waals surface area contributed by atoms with Gasteiger partial charge in [0.25, 0.3) is 0 Å². The second-order valence-corrected chi connectivity index (χ2v) is 9.51. The van der Waals surface area contributed by atoms with E-state index in [4.69, 9.17) is 28.4 Å². The average molecular weight is 501 g/mol. The van der Waals surface area contributed by atoms with Crippen molar-refractivity contribution in [1.82, 2.24) is 0 Å². The van der Waals surface area contributed by atoms with Gasteiger partial charge in [-0.05, 0) is 36.5 Å². The molecule has 0 bridgehead atoms. The number of ether oxygens (including phenoxy) is 6. The predicted molar refractivity (Wildman–Crippen MR) is 134 cm³/mol. The number of aromatic hydroxyl groups is 1. The van der Waals surface area contributed by atoms with Crippen LogP contribution >= 0.6 is 0 Å². The number of hydrogen-bond acceptors (Lipinski definition) is 8. The highest BCUT2D eigenvalue weighted by Crippen LogP contribution is 2.58. The Labute approximate surface area is 212 Å². The zero-order chi connectivity index (χ0) is 26.0. The van der Waals surface area contributed by atoms with E-state index in [9.17, 15) is 9.90 Å². The van der Waals surface area contributed by atoms with Gasteiger partial charge < -0.3 is 33.5 Å². The van der Waals surface area contributed by atoms with Gasteiger partial charge in [0, 0.05) is 29.0 Å². The molecule has 196 valence electrons. The number of unbranched alkanes of at least 4 members (excludes halogenated alkanes) is 2. The number of carbonyl (C=O) groups excluding carboxylic acids is 1. The minimum atomic E-state index is -0.576. The predicted octanol–water partition coefficient (Wildman–Crippen LogP) is 5.81. The van der Waals surface area contributed by atoms with E-state index >= 15 is 0 Å². The fourth-order valence-corrected chi connectivity index (χ4v) is 5.18. The van der Waals surface area contributed by atoms with Crippen LogP contribution in [-0.4, -0.2) is 39.2 Å². The Morgan fingerprint density at radius 2 is 1.78 bits per heavy atom. The second kappa shape index (κ2) is 10.8. The molecular formula is C28H36O8. The van der Waals surface area contributed by atoms with E-state index in [1.807, 2.05) is 12.1 Å². The smallest absolute Gasteiger partial charge is 0.306 e. The third kappa shape index (κ3) is 4.49. The molecule has 1 aliphatic carbocycles. The number of rotatable bonds is 8. The number of hydrogen-bond donors (Lipinski definition) is 1. The summed E-state index contributed by atoms with van der Waals surface area (Å²) in [6.45, 7) is 6.35. The first-order chi connectivity index (χ1) is 17.4. The Balaban J connectivity index is 1.98. The Morgan fingerprint density at radius 3 is 2.44 bits per heavy atom. The van der Waals surface area contributed by atoms with E-state index in [1.54, 1.807) is 14.2 Å². The summed E-state index contributed by atoms with van der Waals surface area (Å²) in [6.07, 6.45) is 3.17. The quantitative estimate of drug-likeness (QED) is 0.359. The van der Waals surface area contributed by atoms with E-state index in [0.717, 1.165) is 24.8 Å². The summed E-state index contributed by atoms with van der Waals surface area (Å²) in [5.74, 6) is 1.80. The van der Waals surface area contributed by atoms with Crippen molar-refractivity contribution in [1.29, 1.82) is 0 Å². The SMILES string of the molecule is CCCCCC(=O)OC1c2cc3c(c(OC)c2-c2c(cc(OC)c(OC)c2O)CC(C)C1C)OCO3. The molecule has 0 radical (unpaired) electrons. The van der Waals surface area contributed by atoms with Crippen LogP contribution in [-0.2, 0) is 16.0 Å². The van der Waals surface area contributed by atoms with Crippen molar-refractivity contribution in [3.05, 3.63) is 23.3 Å². The second-order valence-electron chi connectivity index (χ2n) is 9.51. The summed E-state index contributed by atoms with van der Waals surface area (Å²) >= 11 is 0. The molecule has 4 rings (SSSR count). The lowest BCUT2D eigenvalue weighted by atomic mass is 9.76. The fraction of sp³-hybridized carbons (Fsp3) is 0.536. The minimum absolute atomic E-state index is 0.0349. The van der Waals surface area contributed by atoms with Crippen LogP contribution in [0.25, 0.3) is 11.1 Å². The lowest BCUT2D eigenvalue weighted by Crippen LogP contribution is -2.26. The lowest BCUT2D eigenvalue weighted by Gasteiger charge is -2.35. The maximum absolute atomic E-state index is 12.9. The van der Waals surface area contributed by atoms with E-state index < -0.39 is 6.10 Å². The number of fused-ring (bicyclic) bond motifs is 4. The topological polar surface area (TPSA) is 92.7 Å². The summed E-state index contributed by atoms with van der Waals surface area (Å²) in [5, 5.41) is 11.5. The molecule has 0 saturated heterocycles. The minimum Gasteiger partial charge on any atom is -0.504 e. The van der Waals surface area contributed by atoms with Crippen molar-refractivity contribution in [3.63, 3.8) is 0 Å². The molecule has 1 heterocycles. The molecule has 1 aliphatic heterocycles. The Kier molecular flexibility index (Phi) is 7.71. The monoisotopic (exact) mass is 500 g/mol. The zero-order valence-electron chi connectivity index (χ0n) is 21.9. The molecule has 2 aliphatic rings. The third-order valence-electron chi connectivity index (χ3n) is 7.30. The van der Waals surface area contributed by atoms with Crippen molar-refractivity contribution >= 4 is 5.97 Å². The van der Waals surface area contributed by atoms with Gasteiger partial charge >= 0.3 is 5.97 Å². The van der Waals surface area contributed by atoms with Crippen LogP contribution in [0, 0.1) is 11.8 Å². The molecule has 2 aromatic carbocycles. The molecule has 0 amide bonds. The first kappa shape index (κ1) is 25.8. The van der Waals surface area contributed by atoms with Gasteiger partial charge in [0.2, 0.25) is 18.3 Å². The highest BCUT2D eigenvalue weighted by molar-refractivity contribution is 5.88. The number of benzene rings is 2. The molecule has 8 heteroatoms. The number of esters is 1. The molecule has 0 saturated carbocycles. The molecule has 8 nitrogen and oxygen atoms in total. The summed E-state index contributed by atoms with van der Waals surface area (Å²) in [6, 6.07) is 3.74. The molecule has 0 fully saturated rings. The highest BCUT2D eigenvalue weighted by Gasteiger charge is 2.39. The van der Waals surface area contributed by atoms with Crippen molar-refractivity contribution in [2.75, 3.05) is 28.1 Å². The summed E-state index contributed by atoms with van der Waals surface area (Å²) in [5.41, 5.74) is 2.71. The first-order valence-electron chi connectivity index (χ1n) is 12.5. The third-order valence-corrected chi connectivity index (χ3v) is 7.30. The molecule has 36 heavy (non-hydrogen) atoms. The molecule has 3 unspecified atom stereocenters. The van der Waals surface area contributed by atoms with Crippen LogP contribution in [0.5, 0.6) is 34.5 Å². The largest absolute Gasteiger partial charge is 0.504 e. The van der Waals surface area contributed by atoms with Crippen LogP contribution in [0.15, 0.2) is 12.1 Å². The van der Waals surface area contributed by atoms with Gasteiger partial charge in [-0.25, -0.2) is 0 Å². The Morgan fingerprint density at radius 1 is 1.03 bits per heavy atom. The van der Waals surface area contributed by atoms with Crippen LogP contribution in [0.2, 0.25) is 0 Å². The molecule has 1 N–H and O–H groups in total. The standard InChI is InChI=1S/C28H36O8/c1-7-8-9-10-21(29)36-25-16(3)15(2)11-17-12-19(31-4)26(32-5)24(30)22(17)23-18(25)13-20-27(28(23)33-6)35-14-34-20/h12-13,15-16,25,30H,7-11,14H2,1-6H3. The van der Waals surface area contributed by atoms with Crippen molar-refractivity contribution in [3.8, 4) is 45.6 Å². The van der Waals surface area contributed by atoms with Crippen LogP contribution < -0.4 is 23.7 Å². The van der Waals surface area contributed by atoms with E-state index in [-0.39, 0.29) is 36.1 Å². The van der Waals surface area contributed by atoms with E-state index in [0.29, 0.717) is 52.5 Å². The van der Waals surface area contributed by atoms with Gasteiger partial charge in [-0.15, -0.1) is 0 Å². The van der Waals surface area contributed by atoms with Crippen LogP contribution in [0.3, 0.4) is 0 Å². The maximum Gasteiger partial charge on any atom is 0.306 e. The fourth-order valence-electron chi connectivity index (χ4n) is 5.18. The molecule has 3 atom stereocenters. The number of phenolic OH excluding ortho intramolecular Hbond substituents is 1. The maximum atomic E-state index is 12.9. The first-order valence-corrected chi connectivity index (χ1v) is 12.5. The van der Waals surface area contributed by atoms with Gasteiger partial charge in [0.1, 0.15) is 6.10 Å². The van der Waals surface area contributed by atoms with Gasteiger partial charge in [-0.1, -0.05) is 33.6 Å². The summed E-state index contributed by atoms with van der Waals surface area (Å²) in [7, 11) is 4.57. The normalized spacial score (nSPS) is 20.0. The Hall–Kier alpha value is -3.29. The van der Waals surface area contributed by atoms with Crippen LogP contribution in [0.4, 0.5) is 0 Å². The average Bonchev–Trinajstić information content (AvgIpc) is 3.34. The zero-order valence-corrected chi connectivity index (χ0v) is 21.9. The molecular weight excluding hydrogens is 464 g/mol. The van der Waals surface area contributed by atoms with Gasteiger partial charge in [0.05, 0.1) is 21.3 Å². The van der Waals surface area contributed by atoms with Gasteiger partial charge in [0.15, 0.2) is 23.0 Å². The number of methoxy groups -OCH3 is 3. The van der Waals surface area contributed by atoms with Gasteiger partial charge in [-0.3, -0.25) is 4.79 Å². The lowest BCUT2D eigenvalue weighted by molar-refractivity contribution is -0.153. The number of carbonyl (C=O) groups is 1. The van der Waals surface area contributed by atoms with Crippen molar-refractivity contribution in [2.24, 2.45) is 11.8 Å². The molecule has 0 aromatic heterocycles. The number of phenols is 1. The molecule has 0 spiro atoms. The highest BCUT2D eigenvalue weighted by atomic mass is 16.7. The van der Waals surface area contributed by atoms with Crippen molar-refractivity contribution in [2.45, 2.75) is 59.0 Å². The van der Waals surface area contributed by atoms with Crippen molar-refractivity contribution < 1.29 is 38.3 Å². The Bertz CT molecular complexity index is 1130. The van der Waals surface area contributed by atoms with E-state index in [2.05, 4.69) is 20.8 Å². The van der Waals surface area contributed by atoms with Gasteiger partial charge in [-0.2, -0.15) is 0 Å². The van der Waals surface area contributed by atoms with E-state index in [1.165, 1.54) is 7.11 Å². The molecule has 2 aromatic rings.